The normalized spacial score (nSPS) is 28.6. The van der Waals surface area contributed by atoms with Crippen molar-refractivity contribution in [2.45, 2.75) is 25.7 Å². The topological polar surface area (TPSA) is 138 Å². The van der Waals surface area contributed by atoms with Gasteiger partial charge in [-0.2, -0.15) is 0 Å². The summed E-state index contributed by atoms with van der Waals surface area (Å²) in [4.78, 5) is 68.8. The number of halogens is 3. The van der Waals surface area contributed by atoms with Gasteiger partial charge in [-0.15, -0.1) is 0 Å². The summed E-state index contributed by atoms with van der Waals surface area (Å²) in [5, 5.41) is 20.8. The number of carbonyl (C=O) groups is 4. The third-order valence-electron chi connectivity index (χ3n) is 10.1. The van der Waals surface area contributed by atoms with Crippen LogP contribution in [0.4, 0.5) is 25.8 Å². The van der Waals surface area contributed by atoms with Crippen LogP contribution in [0.15, 0.2) is 72.3 Å². The second kappa shape index (κ2) is 10.3. The van der Waals surface area contributed by atoms with E-state index in [0.717, 1.165) is 28.0 Å². The molecule has 3 fully saturated rings. The molecule has 4 aliphatic rings. The lowest BCUT2D eigenvalue weighted by Gasteiger charge is -2.49. The van der Waals surface area contributed by atoms with E-state index in [1.165, 1.54) is 42.5 Å². The minimum absolute atomic E-state index is 0.0175. The number of phenols is 1. The molecule has 0 radical (unpaired) electrons. The van der Waals surface area contributed by atoms with Crippen LogP contribution in [0.25, 0.3) is 0 Å². The Hall–Kier alpha value is -4.97. The Labute approximate surface area is 265 Å². The van der Waals surface area contributed by atoms with Gasteiger partial charge in [0.2, 0.25) is 23.6 Å². The molecule has 6 unspecified atom stereocenters. The Bertz CT molecular complexity index is 1930. The number of benzene rings is 3. The molecule has 46 heavy (non-hydrogen) atoms. The summed E-state index contributed by atoms with van der Waals surface area (Å²) in [5.74, 6) is -8.92. The lowest BCUT2D eigenvalue weighted by molar-refractivity contribution is -0.384. The van der Waals surface area contributed by atoms with Gasteiger partial charge < -0.3 is 5.11 Å². The van der Waals surface area contributed by atoms with Gasteiger partial charge >= 0.3 is 0 Å². The molecule has 2 saturated heterocycles. The number of carbonyl (C=O) groups excluding carboxylic acids is 4. The van der Waals surface area contributed by atoms with Crippen molar-refractivity contribution in [3.63, 3.8) is 0 Å². The second-order valence-corrected chi connectivity index (χ2v) is 12.7. The molecule has 7 rings (SSSR count). The van der Waals surface area contributed by atoms with Crippen LogP contribution in [0, 0.1) is 50.8 Å². The third kappa shape index (κ3) is 4.05. The van der Waals surface area contributed by atoms with Crippen LogP contribution in [0.3, 0.4) is 0 Å². The number of rotatable bonds is 4. The van der Waals surface area contributed by atoms with Crippen molar-refractivity contribution < 1.29 is 38.0 Å². The minimum Gasteiger partial charge on any atom is -0.505 e. The number of nitro benzene ring substituents is 1. The molecule has 2 aliphatic carbocycles. The van der Waals surface area contributed by atoms with Crippen LogP contribution in [-0.2, 0) is 19.2 Å². The van der Waals surface area contributed by atoms with Crippen molar-refractivity contribution >= 4 is 52.3 Å². The van der Waals surface area contributed by atoms with Crippen LogP contribution in [-0.4, -0.2) is 33.7 Å². The summed E-state index contributed by atoms with van der Waals surface area (Å²) < 4.78 is 28.9. The summed E-state index contributed by atoms with van der Waals surface area (Å²) in [6.07, 6.45) is 1.92. The summed E-state index contributed by atoms with van der Waals surface area (Å²) >= 11 is 6.00. The Balaban J connectivity index is 1.35. The smallest absolute Gasteiger partial charge is 0.269 e. The Morgan fingerprint density at radius 2 is 1.59 bits per heavy atom. The summed E-state index contributed by atoms with van der Waals surface area (Å²) in [7, 11) is 0. The van der Waals surface area contributed by atoms with Gasteiger partial charge in [-0.3, -0.25) is 34.2 Å². The number of hydrogen-bond acceptors (Lipinski definition) is 7. The molecule has 234 valence electrons. The number of hydrogen-bond donors (Lipinski definition) is 1. The molecule has 3 aromatic carbocycles. The van der Waals surface area contributed by atoms with Gasteiger partial charge in [0.1, 0.15) is 5.82 Å². The van der Waals surface area contributed by atoms with Crippen LogP contribution in [0.2, 0.25) is 5.02 Å². The number of amides is 4. The monoisotopic (exact) mass is 647 g/mol. The Morgan fingerprint density at radius 1 is 0.891 bits per heavy atom. The zero-order valence-corrected chi connectivity index (χ0v) is 24.8. The van der Waals surface area contributed by atoms with Crippen molar-refractivity contribution in [2.75, 3.05) is 9.80 Å². The molecule has 13 heteroatoms. The highest BCUT2D eigenvalue weighted by Crippen LogP contribution is 2.63. The molecule has 2 aliphatic heterocycles. The first-order chi connectivity index (χ1) is 21.8. The third-order valence-corrected chi connectivity index (χ3v) is 10.3. The number of non-ortho nitro benzene ring substituents is 1. The first-order valence-corrected chi connectivity index (χ1v) is 14.9. The van der Waals surface area contributed by atoms with Gasteiger partial charge in [0.05, 0.1) is 44.5 Å². The van der Waals surface area contributed by atoms with E-state index in [0.29, 0.717) is 11.1 Å². The molecular formula is C33H24ClF2N3O7. The van der Waals surface area contributed by atoms with E-state index in [2.05, 4.69) is 0 Å². The van der Waals surface area contributed by atoms with Crippen LogP contribution < -0.4 is 9.80 Å². The number of allylic oxidation sites excluding steroid dienone is 2. The highest BCUT2D eigenvalue weighted by atomic mass is 35.5. The molecule has 3 aromatic rings. The molecule has 0 aromatic heterocycles. The Morgan fingerprint density at radius 3 is 2.24 bits per heavy atom. The summed E-state index contributed by atoms with van der Waals surface area (Å²) in [5.41, 5.74) is -0.588. The lowest BCUT2D eigenvalue weighted by atomic mass is 9.51. The predicted molar refractivity (Wildman–Crippen MR) is 160 cm³/mol. The second-order valence-electron chi connectivity index (χ2n) is 12.3. The number of anilines is 2. The maximum absolute atomic E-state index is 14.8. The minimum atomic E-state index is -1.49. The number of phenolic OH excluding ortho intramolecular Hbond substituents is 1. The lowest BCUT2D eigenvalue weighted by Crippen LogP contribution is -2.48. The first kappa shape index (κ1) is 29.7. The standard InChI is InChI=1S/C33H24ClF2N3O7/c1-33-22(30(42)38(32(33)44)18-7-10-24(35)23(34)13-18)14-21-19(28(33)15-2-11-26(40)25(36)12-15)8-9-20-27(21)31(43)37(29(20)41)16-3-5-17(6-4-16)39(45)46/h2-8,10-13,20-22,27-28,40H,9,14H2,1H3. The van der Waals surface area contributed by atoms with E-state index in [1.807, 2.05) is 0 Å². The van der Waals surface area contributed by atoms with Crippen molar-refractivity contribution in [3.8, 4) is 5.75 Å². The summed E-state index contributed by atoms with van der Waals surface area (Å²) in [6.45, 7) is 1.60. The quantitative estimate of drug-likeness (QED) is 0.167. The molecular weight excluding hydrogens is 624 g/mol. The maximum atomic E-state index is 14.8. The highest BCUT2D eigenvalue weighted by Gasteiger charge is 2.67. The molecule has 4 amide bonds. The van der Waals surface area contributed by atoms with Gasteiger partial charge in [-0.1, -0.05) is 29.3 Å². The van der Waals surface area contributed by atoms with E-state index < -0.39 is 80.9 Å². The SMILES string of the molecule is CC12C(=O)N(c3ccc(F)c(Cl)c3)C(=O)C1CC1C(=CCC3C(=O)N(c4ccc([N+](=O)[O-])cc4)C(=O)C31)C2c1ccc(O)c(F)c1. The largest absolute Gasteiger partial charge is 0.505 e. The van der Waals surface area contributed by atoms with Gasteiger partial charge in [0.25, 0.3) is 5.69 Å². The molecule has 1 N–H and O–H groups in total. The van der Waals surface area contributed by atoms with Crippen molar-refractivity contribution in [1.29, 1.82) is 0 Å². The zero-order valence-electron chi connectivity index (χ0n) is 24.0. The molecule has 6 atom stereocenters. The van der Waals surface area contributed by atoms with Crippen LogP contribution in [0.1, 0.15) is 31.2 Å². The zero-order chi connectivity index (χ0) is 32.8. The van der Waals surface area contributed by atoms with Gasteiger partial charge in [0.15, 0.2) is 11.6 Å². The van der Waals surface area contributed by atoms with E-state index in [-0.39, 0.29) is 34.9 Å². The molecule has 10 nitrogen and oxygen atoms in total. The summed E-state index contributed by atoms with van der Waals surface area (Å²) in [6, 6.07) is 12.2. The maximum Gasteiger partial charge on any atom is 0.269 e. The van der Waals surface area contributed by atoms with Crippen molar-refractivity contribution in [2.24, 2.45) is 29.1 Å². The van der Waals surface area contributed by atoms with Gasteiger partial charge in [-0.05, 0) is 73.7 Å². The fourth-order valence-electron chi connectivity index (χ4n) is 7.95. The van der Waals surface area contributed by atoms with E-state index >= 15 is 0 Å². The molecule has 0 bridgehead atoms. The van der Waals surface area contributed by atoms with Gasteiger partial charge in [-0.25, -0.2) is 13.7 Å². The van der Waals surface area contributed by atoms with Crippen LogP contribution >= 0.6 is 11.6 Å². The highest BCUT2D eigenvalue weighted by molar-refractivity contribution is 6.32. The van der Waals surface area contributed by atoms with Crippen molar-refractivity contribution in [1.82, 2.24) is 0 Å². The van der Waals surface area contributed by atoms with E-state index in [4.69, 9.17) is 11.6 Å². The average molecular weight is 648 g/mol. The average Bonchev–Trinajstić information content (AvgIpc) is 3.39. The fourth-order valence-corrected chi connectivity index (χ4v) is 8.12. The molecule has 1 saturated carbocycles. The predicted octanol–water partition coefficient (Wildman–Crippen LogP) is 5.67. The number of aromatic hydroxyl groups is 1. The van der Waals surface area contributed by atoms with Gasteiger partial charge in [0, 0.05) is 18.1 Å². The fraction of sp³-hybridized carbons (Fsp3) is 0.273. The Kier molecular flexibility index (Phi) is 6.64. The number of imide groups is 2. The van der Waals surface area contributed by atoms with Crippen LogP contribution in [0.5, 0.6) is 5.75 Å². The molecule has 2 heterocycles. The van der Waals surface area contributed by atoms with E-state index in [1.54, 1.807) is 13.0 Å². The number of nitrogens with zero attached hydrogens (tertiary/aromatic N) is 3. The van der Waals surface area contributed by atoms with Crippen molar-refractivity contribution in [3.05, 3.63) is 105 Å². The van der Waals surface area contributed by atoms with E-state index in [9.17, 15) is 43.2 Å². The molecule has 0 spiro atoms. The number of fused-ring (bicyclic) bond motifs is 4. The first-order valence-electron chi connectivity index (χ1n) is 14.5. The number of nitro groups is 1.